The number of aromatic nitrogens is 3. The van der Waals surface area contributed by atoms with Gasteiger partial charge in [-0.1, -0.05) is 65.4 Å². The molecule has 0 bridgehead atoms. The first kappa shape index (κ1) is 20.7. The monoisotopic (exact) mass is 460 g/mol. The zero-order valence-electron chi connectivity index (χ0n) is 17.5. The predicted octanol–water partition coefficient (Wildman–Crippen LogP) is 6.34. The number of fused-ring (bicyclic) bond motifs is 2. The third-order valence-corrected chi connectivity index (χ3v) is 7.08. The van der Waals surface area contributed by atoms with Crippen molar-refractivity contribution in [2.45, 2.75) is 19.9 Å². The molecule has 0 aliphatic rings. The van der Waals surface area contributed by atoms with Gasteiger partial charge >= 0.3 is 0 Å². The number of amides is 1. The van der Waals surface area contributed by atoms with Crippen LogP contribution in [0.15, 0.2) is 73.3 Å². The lowest BCUT2D eigenvalue weighted by atomic mass is 10.0. The topological polar surface area (TPSA) is 51.0 Å². The van der Waals surface area contributed by atoms with Gasteiger partial charge in [-0.3, -0.25) is 9.69 Å². The van der Waals surface area contributed by atoms with Crippen molar-refractivity contribution in [3.05, 3.63) is 89.5 Å². The SMILES string of the molecule is Cc1ccc(Cl)c2sc(N(CCCn3ccnc3)C(=O)c3cccc4ccccc34)nc12. The van der Waals surface area contributed by atoms with Crippen molar-refractivity contribution in [3.8, 4) is 0 Å². The highest BCUT2D eigenvalue weighted by molar-refractivity contribution is 7.23. The van der Waals surface area contributed by atoms with Crippen LogP contribution in [0, 0.1) is 6.92 Å². The standard InChI is InChI=1S/C25H21ClN4OS/c1-17-10-11-21(26)23-22(17)28-25(32-23)30(14-5-13-29-15-12-27-16-29)24(31)20-9-4-7-18-6-2-3-8-19(18)20/h2-4,6-12,15-16H,5,13-14H2,1H3. The molecule has 5 nitrogen and oxygen atoms in total. The number of benzene rings is 3. The summed E-state index contributed by atoms with van der Waals surface area (Å²) in [7, 11) is 0. The van der Waals surface area contributed by atoms with Gasteiger partial charge in [-0.15, -0.1) is 0 Å². The number of hydrogen-bond acceptors (Lipinski definition) is 4. The number of carbonyl (C=O) groups excluding carboxylic acids is 1. The Morgan fingerprint density at radius 2 is 1.97 bits per heavy atom. The lowest BCUT2D eigenvalue weighted by Gasteiger charge is -2.21. The van der Waals surface area contributed by atoms with Gasteiger partial charge in [-0.05, 0) is 41.8 Å². The number of carbonyl (C=O) groups is 1. The molecular formula is C25H21ClN4OS. The summed E-state index contributed by atoms with van der Waals surface area (Å²) in [6.45, 7) is 3.32. The third-order valence-electron chi connectivity index (χ3n) is 5.54. The van der Waals surface area contributed by atoms with Crippen LogP contribution in [0.2, 0.25) is 5.02 Å². The fourth-order valence-corrected chi connectivity index (χ4v) is 5.22. The van der Waals surface area contributed by atoms with Crippen molar-refractivity contribution in [1.82, 2.24) is 14.5 Å². The van der Waals surface area contributed by atoms with Gasteiger partial charge in [0.2, 0.25) is 0 Å². The van der Waals surface area contributed by atoms with E-state index < -0.39 is 0 Å². The summed E-state index contributed by atoms with van der Waals surface area (Å²) in [5.74, 6) is -0.0553. The second kappa shape index (κ2) is 8.73. The smallest absolute Gasteiger partial charge is 0.260 e. The Morgan fingerprint density at radius 3 is 2.78 bits per heavy atom. The zero-order chi connectivity index (χ0) is 22.1. The molecule has 7 heteroatoms. The average Bonchev–Trinajstić information content (AvgIpc) is 3.49. The van der Waals surface area contributed by atoms with E-state index in [0.717, 1.165) is 39.5 Å². The number of anilines is 1. The molecule has 0 aliphatic heterocycles. The summed E-state index contributed by atoms with van der Waals surface area (Å²) < 4.78 is 2.92. The Labute approximate surface area is 194 Å². The van der Waals surface area contributed by atoms with Gasteiger partial charge in [0.05, 0.1) is 21.6 Å². The van der Waals surface area contributed by atoms with Gasteiger partial charge in [-0.2, -0.15) is 0 Å². The Balaban J connectivity index is 1.55. The lowest BCUT2D eigenvalue weighted by molar-refractivity contribution is 0.0988. The molecule has 5 rings (SSSR count). The number of aryl methyl sites for hydroxylation is 2. The molecule has 160 valence electrons. The molecule has 5 aromatic rings. The molecule has 2 aromatic heterocycles. The second-order valence-corrected chi connectivity index (χ2v) is 9.06. The molecule has 3 aromatic carbocycles. The maximum Gasteiger partial charge on any atom is 0.260 e. The summed E-state index contributed by atoms with van der Waals surface area (Å²) in [4.78, 5) is 24.6. The van der Waals surface area contributed by atoms with Crippen LogP contribution in [0.3, 0.4) is 0 Å². The van der Waals surface area contributed by atoms with Crippen LogP contribution < -0.4 is 4.90 Å². The third kappa shape index (κ3) is 3.87. The van der Waals surface area contributed by atoms with E-state index in [0.29, 0.717) is 22.3 Å². The molecule has 32 heavy (non-hydrogen) atoms. The Hall–Kier alpha value is -3.22. The molecule has 0 unspecified atom stereocenters. The van der Waals surface area contributed by atoms with E-state index in [4.69, 9.17) is 16.6 Å². The van der Waals surface area contributed by atoms with Crippen molar-refractivity contribution in [1.29, 1.82) is 0 Å². The minimum atomic E-state index is -0.0553. The summed E-state index contributed by atoms with van der Waals surface area (Å²) in [6, 6.07) is 17.7. The van der Waals surface area contributed by atoms with Crippen molar-refractivity contribution in [2.75, 3.05) is 11.4 Å². The molecule has 0 aliphatic carbocycles. The molecule has 2 heterocycles. The average molecular weight is 461 g/mol. The molecule has 0 N–H and O–H groups in total. The van der Waals surface area contributed by atoms with Crippen molar-refractivity contribution in [2.24, 2.45) is 0 Å². The van der Waals surface area contributed by atoms with Gasteiger partial charge in [0, 0.05) is 31.0 Å². The maximum atomic E-state index is 13.8. The van der Waals surface area contributed by atoms with Crippen LogP contribution in [0.5, 0.6) is 0 Å². The first-order chi connectivity index (χ1) is 15.6. The zero-order valence-corrected chi connectivity index (χ0v) is 19.1. The van der Waals surface area contributed by atoms with Crippen LogP contribution in [0.4, 0.5) is 5.13 Å². The van der Waals surface area contributed by atoms with Crippen molar-refractivity contribution in [3.63, 3.8) is 0 Å². The highest BCUT2D eigenvalue weighted by atomic mass is 35.5. The van der Waals surface area contributed by atoms with E-state index in [1.807, 2.05) is 72.3 Å². The summed E-state index contributed by atoms with van der Waals surface area (Å²) in [6.07, 6.45) is 6.25. The lowest BCUT2D eigenvalue weighted by Crippen LogP contribution is -2.32. The number of rotatable bonds is 6. The number of nitrogens with zero attached hydrogens (tertiary/aromatic N) is 4. The maximum absolute atomic E-state index is 13.8. The summed E-state index contributed by atoms with van der Waals surface area (Å²) in [5, 5.41) is 3.31. The molecular weight excluding hydrogens is 440 g/mol. The molecule has 0 saturated carbocycles. The second-order valence-electron chi connectivity index (χ2n) is 7.68. The van der Waals surface area contributed by atoms with Gasteiger partial charge in [0.25, 0.3) is 5.91 Å². The number of hydrogen-bond donors (Lipinski definition) is 0. The Morgan fingerprint density at radius 1 is 1.12 bits per heavy atom. The van der Waals surface area contributed by atoms with Crippen LogP contribution >= 0.6 is 22.9 Å². The number of halogens is 1. The van der Waals surface area contributed by atoms with E-state index in [9.17, 15) is 4.79 Å². The predicted molar refractivity (Wildman–Crippen MR) is 132 cm³/mol. The van der Waals surface area contributed by atoms with Gasteiger partial charge < -0.3 is 4.57 Å². The van der Waals surface area contributed by atoms with Crippen LogP contribution in [0.1, 0.15) is 22.3 Å². The van der Waals surface area contributed by atoms with Crippen LogP contribution in [-0.2, 0) is 6.54 Å². The van der Waals surface area contributed by atoms with E-state index >= 15 is 0 Å². The molecule has 0 radical (unpaired) electrons. The Bertz CT molecular complexity index is 1370. The largest absolute Gasteiger partial charge is 0.337 e. The van der Waals surface area contributed by atoms with E-state index in [2.05, 4.69) is 4.98 Å². The normalized spacial score (nSPS) is 11.3. The van der Waals surface area contributed by atoms with Gasteiger partial charge in [0.15, 0.2) is 5.13 Å². The quantitative estimate of drug-likeness (QED) is 0.297. The fourth-order valence-electron chi connectivity index (χ4n) is 3.88. The number of imidazole rings is 1. The minimum Gasteiger partial charge on any atom is -0.337 e. The minimum absolute atomic E-state index is 0.0553. The highest BCUT2D eigenvalue weighted by Crippen LogP contribution is 2.36. The Kier molecular flexibility index (Phi) is 5.64. The summed E-state index contributed by atoms with van der Waals surface area (Å²) in [5.41, 5.74) is 2.57. The van der Waals surface area contributed by atoms with E-state index in [-0.39, 0.29) is 5.91 Å². The molecule has 1 amide bonds. The van der Waals surface area contributed by atoms with Crippen LogP contribution in [-0.4, -0.2) is 27.0 Å². The van der Waals surface area contributed by atoms with Crippen molar-refractivity contribution < 1.29 is 4.79 Å². The van der Waals surface area contributed by atoms with E-state index in [1.54, 1.807) is 17.4 Å². The molecule has 0 atom stereocenters. The van der Waals surface area contributed by atoms with Crippen LogP contribution in [0.25, 0.3) is 21.0 Å². The highest BCUT2D eigenvalue weighted by Gasteiger charge is 2.23. The fraction of sp³-hybridized carbons (Fsp3) is 0.160. The molecule has 0 fully saturated rings. The first-order valence-corrected chi connectivity index (χ1v) is 11.6. The van der Waals surface area contributed by atoms with Crippen molar-refractivity contribution >= 4 is 55.0 Å². The molecule has 0 saturated heterocycles. The molecule has 0 spiro atoms. The first-order valence-electron chi connectivity index (χ1n) is 10.4. The van der Waals surface area contributed by atoms with E-state index in [1.165, 1.54) is 11.3 Å². The van der Waals surface area contributed by atoms with Gasteiger partial charge in [-0.25, -0.2) is 9.97 Å². The van der Waals surface area contributed by atoms with Gasteiger partial charge in [0.1, 0.15) is 0 Å². The summed E-state index contributed by atoms with van der Waals surface area (Å²) >= 11 is 7.92. The number of thiazole rings is 1.